The molecule has 0 bridgehead atoms. The molecule has 138 valence electrons. The van der Waals surface area contributed by atoms with E-state index < -0.39 is 0 Å². The minimum Gasteiger partial charge on any atom is -0.264 e. The molecule has 0 atom stereocenters. The normalized spacial score (nSPS) is 16.3. The van der Waals surface area contributed by atoms with Gasteiger partial charge in [0.2, 0.25) is 4.80 Å². The summed E-state index contributed by atoms with van der Waals surface area (Å²) in [4.78, 5) is 10.2. The molecule has 0 N–H and O–H groups in total. The predicted molar refractivity (Wildman–Crippen MR) is 115 cm³/mol. The molecule has 0 unspecified atom stereocenters. The maximum absolute atomic E-state index is 5.04. The van der Waals surface area contributed by atoms with Gasteiger partial charge < -0.3 is 0 Å². The first-order valence-corrected chi connectivity index (χ1v) is 10.9. The van der Waals surface area contributed by atoms with E-state index >= 15 is 0 Å². The number of halogens is 1. The lowest BCUT2D eigenvalue weighted by molar-refractivity contribution is 0.435. The van der Waals surface area contributed by atoms with Crippen molar-refractivity contribution in [1.82, 2.24) is 9.66 Å². The Morgan fingerprint density at radius 3 is 2.74 bits per heavy atom. The number of thiazole rings is 1. The molecule has 0 spiro atoms. The van der Waals surface area contributed by atoms with E-state index in [0.717, 1.165) is 26.1 Å². The van der Waals surface area contributed by atoms with Crippen LogP contribution in [0.2, 0.25) is 0 Å². The van der Waals surface area contributed by atoms with Crippen LogP contribution < -0.4 is 4.80 Å². The molecule has 6 heteroatoms. The van der Waals surface area contributed by atoms with Gasteiger partial charge >= 0.3 is 0 Å². The summed E-state index contributed by atoms with van der Waals surface area (Å²) in [5, 5.41) is 6.91. The molecule has 2 aromatic heterocycles. The summed E-state index contributed by atoms with van der Waals surface area (Å²) in [5.41, 5.74) is 3.13. The van der Waals surface area contributed by atoms with Gasteiger partial charge in [0.25, 0.3) is 0 Å². The Labute approximate surface area is 171 Å². The fraction of sp³-hybridized carbons (Fsp3) is 0.286. The van der Waals surface area contributed by atoms with Gasteiger partial charge in [0.1, 0.15) is 0 Å². The Morgan fingerprint density at radius 2 is 1.96 bits per heavy atom. The topological polar surface area (TPSA) is 42.5 Å². The van der Waals surface area contributed by atoms with E-state index in [1.807, 2.05) is 41.4 Å². The quantitative estimate of drug-likeness (QED) is 0.494. The van der Waals surface area contributed by atoms with Crippen LogP contribution in [-0.2, 0) is 0 Å². The minimum atomic E-state index is 0.407. The highest BCUT2D eigenvalue weighted by molar-refractivity contribution is 9.10. The third-order valence-corrected chi connectivity index (χ3v) is 6.23. The third-order valence-electron chi connectivity index (χ3n) is 4.71. The molecule has 0 saturated heterocycles. The second-order valence-electron chi connectivity index (χ2n) is 6.65. The second-order valence-corrected chi connectivity index (χ2v) is 8.34. The number of rotatable bonds is 4. The highest BCUT2D eigenvalue weighted by Crippen LogP contribution is 2.28. The zero-order valence-electron chi connectivity index (χ0n) is 15.0. The van der Waals surface area contributed by atoms with Gasteiger partial charge in [-0.3, -0.25) is 9.98 Å². The first-order valence-electron chi connectivity index (χ1n) is 9.25. The van der Waals surface area contributed by atoms with Crippen molar-refractivity contribution in [3.05, 3.63) is 69.0 Å². The molecule has 1 aromatic carbocycles. The number of hydrogen-bond donors (Lipinski definition) is 0. The van der Waals surface area contributed by atoms with Gasteiger partial charge in [0.15, 0.2) is 0 Å². The number of hydrogen-bond acceptors (Lipinski definition) is 4. The Morgan fingerprint density at radius 1 is 1.11 bits per heavy atom. The van der Waals surface area contributed by atoms with Gasteiger partial charge in [-0.05, 0) is 25.0 Å². The highest BCUT2D eigenvalue weighted by atomic mass is 79.9. The van der Waals surface area contributed by atoms with Crippen molar-refractivity contribution in [2.24, 2.45) is 10.1 Å². The SMILES string of the molecule is Brc1ccccc1-c1csc(=NC2CCCCC2)n1N=Cc1cccnc1. The van der Waals surface area contributed by atoms with Crippen LogP contribution in [-0.4, -0.2) is 21.9 Å². The van der Waals surface area contributed by atoms with Gasteiger partial charge in [-0.15, -0.1) is 11.3 Å². The van der Waals surface area contributed by atoms with E-state index in [0.29, 0.717) is 6.04 Å². The van der Waals surface area contributed by atoms with E-state index in [-0.39, 0.29) is 0 Å². The molecule has 1 aliphatic rings. The lowest BCUT2D eigenvalue weighted by Crippen LogP contribution is -2.19. The van der Waals surface area contributed by atoms with Crippen molar-refractivity contribution >= 4 is 33.5 Å². The Kier molecular flexibility index (Phi) is 5.94. The summed E-state index contributed by atoms with van der Waals surface area (Å²) >= 11 is 5.32. The average molecular weight is 441 g/mol. The second kappa shape index (κ2) is 8.76. The van der Waals surface area contributed by atoms with Crippen molar-refractivity contribution < 1.29 is 0 Å². The fourth-order valence-electron chi connectivity index (χ4n) is 3.30. The van der Waals surface area contributed by atoms with Crippen LogP contribution >= 0.6 is 27.3 Å². The Bertz CT molecular complexity index is 985. The molecule has 3 aromatic rings. The van der Waals surface area contributed by atoms with Crippen molar-refractivity contribution in [3.8, 4) is 11.3 Å². The first-order chi connectivity index (χ1) is 13.3. The van der Waals surface area contributed by atoms with Crippen molar-refractivity contribution in [1.29, 1.82) is 0 Å². The molecule has 0 radical (unpaired) electrons. The Balaban J connectivity index is 1.79. The van der Waals surface area contributed by atoms with Crippen LogP contribution in [0.4, 0.5) is 0 Å². The summed E-state index contributed by atoms with van der Waals surface area (Å²) in [6, 6.07) is 12.6. The zero-order valence-corrected chi connectivity index (χ0v) is 17.4. The molecule has 4 nitrogen and oxygen atoms in total. The summed E-state index contributed by atoms with van der Waals surface area (Å²) in [5.74, 6) is 0. The number of nitrogens with zero attached hydrogens (tertiary/aromatic N) is 4. The number of aromatic nitrogens is 2. The van der Waals surface area contributed by atoms with Gasteiger partial charge in [0.05, 0.1) is 18.0 Å². The number of benzene rings is 1. The van der Waals surface area contributed by atoms with Crippen molar-refractivity contribution in [3.63, 3.8) is 0 Å². The van der Waals surface area contributed by atoms with Gasteiger partial charge in [-0.25, -0.2) is 4.68 Å². The molecule has 2 heterocycles. The Hall–Kier alpha value is -2.05. The van der Waals surface area contributed by atoms with E-state index in [2.05, 4.69) is 38.4 Å². The average Bonchev–Trinajstić information content (AvgIpc) is 3.10. The van der Waals surface area contributed by atoms with E-state index in [4.69, 9.17) is 10.1 Å². The third kappa shape index (κ3) is 4.45. The van der Waals surface area contributed by atoms with Crippen LogP contribution in [0, 0.1) is 0 Å². The van der Waals surface area contributed by atoms with Crippen LogP contribution in [0.3, 0.4) is 0 Å². The smallest absolute Gasteiger partial charge is 0.206 e. The molecule has 27 heavy (non-hydrogen) atoms. The van der Waals surface area contributed by atoms with Crippen LogP contribution in [0.5, 0.6) is 0 Å². The molecule has 0 aliphatic heterocycles. The monoisotopic (exact) mass is 440 g/mol. The molecule has 1 saturated carbocycles. The summed E-state index contributed by atoms with van der Waals surface area (Å²) in [7, 11) is 0. The van der Waals surface area contributed by atoms with Gasteiger partial charge in [-0.1, -0.05) is 59.5 Å². The minimum absolute atomic E-state index is 0.407. The predicted octanol–water partition coefficient (Wildman–Crippen LogP) is 5.49. The molecular weight excluding hydrogens is 420 g/mol. The maximum atomic E-state index is 5.04. The molecule has 1 aliphatic carbocycles. The van der Waals surface area contributed by atoms with Gasteiger partial charge in [-0.2, -0.15) is 5.10 Å². The largest absolute Gasteiger partial charge is 0.264 e. The van der Waals surface area contributed by atoms with Crippen LogP contribution in [0.1, 0.15) is 37.7 Å². The van der Waals surface area contributed by atoms with Crippen LogP contribution in [0.15, 0.2) is 68.7 Å². The molecule has 1 fully saturated rings. The molecule has 4 rings (SSSR count). The molecular formula is C21H21BrN4S. The first kappa shape index (κ1) is 18.3. The van der Waals surface area contributed by atoms with E-state index in [1.54, 1.807) is 17.5 Å². The van der Waals surface area contributed by atoms with Crippen molar-refractivity contribution in [2.45, 2.75) is 38.1 Å². The van der Waals surface area contributed by atoms with Crippen LogP contribution in [0.25, 0.3) is 11.3 Å². The summed E-state index contributed by atoms with van der Waals surface area (Å²) < 4.78 is 3.02. The lowest BCUT2D eigenvalue weighted by atomic mass is 9.96. The standard InChI is InChI=1S/C21H21BrN4S/c22-19-11-5-4-10-18(19)20-15-27-21(25-17-8-2-1-3-9-17)26(20)24-14-16-7-6-12-23-13-16/h4-7,10-15,17H,1-3,8-9H2. The number of pyridine rings is 1. The highest BCUT2D eigenvalue weighted by Gasteiger charge is 2.14. The lowest BCUT2D eigenvalue weighted by Gasteiger charge is -2.16. The van der Waals surface area contributed by atoms with E-state index in [9.17, 15) is 0 Å². The zero-order chi connectivity index (χ0) is 18.5. The van der Waals surface area contributed by atoms with E-state index in [1.165, 1.54) is 32.1 Å². The summed E-state index contributed by atoms with van der Waals surface area (Å²) in [6.45, 7) is 0. The van der Waals surface area contributed by atoms with Crippen molar-refractivity contribution in [2.75, 3.05) is 0 Å². The van der Waals surface area contributed by atoms with Gasteiger partial charge in [0, 0.05) is 33.4 Å². The fourth-order valence-corrected chi connectivity index (χ4v) is 4.68. The summed E-state index contributed by atoms with van der Waals surface area (Å²) in [6.07, 6.45) is 11.7. The molecule has 0 amide bonds. The maximum Gasteiger partial charge on any atom is 0.206 e.